The molecule has 0 radical (unpaired) electrons. The Balaban J connectivity index is 3.02. The third-order valence-electron chi connectivity index (χ3n) is 2.45. The van der Waals surface area contributed by atoms with Gasteiger partial charge in [-0.15, -0.1) is 0 Å². The predicted molar refractivity (Wildman–Crippen MR) is 61.2 cm³/mol. The van der Waals surface area contributed by atoms with E-state index in [9.17, 15) is 13.2 Å². The van der Waals surface area contributed by atoms with Crippen LogP contribution >= 0.6 is 11.6 Å². The largest absolute Gasteiger partial charge is 0.417 e. The van der Waals surface area contributed by atoms with Crippen LogP contribution in [0.15, 0.2) is 12.1 Å². The van der Waals surface area contributed by atoms with Crippen molar-refractivity contribution in [3.8, 4) is 0 Å². The Hall–Kier alpha value is -0.740. The molecule has 0 heterocycles. The minimum Gasteiger partial charge on any atom is -0.396 e. The number of benzene rings is 1. The zero-order valence-corrected chi connectivity index (χ0v) is 10.2. The maximum atomic E-state index is 12.7. The van der Waals surface area contributed by atoms with Crippen LogP contribution in [0.3, 0.4) is 0 Å². The van der Waals surface area contributed by atoms with Crippen molar-refractivity contribution in [1.82, 2.24) is 0 Å². The van der Waals surface area contributed by atoms with Gasteiger partial charge in [-0.05, 0) is 37.8 Å². The van der Waals surface area contributed by atoms with Gasteiger partial charge in [-0.25, -0.2) is 0 Å². The number of alkyl halides is 3. The molecular formula is C12H14ClF3O. The fraction of sp³-hybridized carbons (Fsp3) is 0.500. The van der Waals surface area contributed by atoms with E-state index in [-0.39, 0.29) is 11.6 Å². The van der Waals surface area contributed by atoms with E-state index in [1.807, 2.05) is 0 Å². The molecule has 1 nitrogen and oxygen atoms in total. The van der Waals surface area contributed by atoms with Crippen molar-refractivity contribution in [3.63, 3.8) is 0 Å². The highest BCUT2D eigenvalue weighted by atomic mass is 35.5. The molecule has 1 aromatic carbocycles. The average Bonchev–Trinajstić information content (AvgIpc) is 2.21. The SMILES string of the molecule is Cc1cc(CCCCO)c(Cl)c(C(F)(F)F)c1. The summed E-state index contributed by atoms with van der Waals surface area (Å²) in [4.78, 5) is 0. The first-order valence-corrected chi connectivity index (χ1v) is 5.71. The van der Waals surface area contributed by atoms with Gasteiger partial charge >= 0.3 is 6.18 Å². The van der Waals surface area contributed by atoms with Gasteiger partial charge in [0.25, 0.3) is 0 Å². The van der Waals surface area contributed by atoms with Crippen molar-refractivity contribution in [2.24, 2.45) is 0 Å². The van der Waals surface area contributed by atoms with Crippen LogP contribution in [0.4, 0.5) is 13.2 Å². The fourth-order valence-corrected chi connectivity index (χ4v) is 1.97. The minimum absolute atomic E-state index is 0.0373. The van der Waals surface area contributed by atoms with Gasteiger partial charge in [0.05, 0.1) is 10.6 Å². The molecule has 1 rings (SSSR count). The summed E-state index contributed by atoms with van der Waals surface area (Å²) in [6.45, 7) is 1.65. The quantitative estimate of drug-likeness (QED) is 0.817. The van der Waals surface area contributed by atoms with Crippen molar-refractivity contribution in [3.05, 3.63) is 33.8 Å². The Morgan fingerprint density at radius 2 is 1.88 bits per heavy atom. The average molecular weight is 267 g/mol. The predicted octanol–water partition coefficient (Wildman–Crippen LogP) is 3.98. The molecule has 0 amide bonds. The summed E-state index contributed by atoms with van der Waals surface area (Å²) < 4.78 is 38.0. The van der Waals surface area contributed by atoms with Crippen LogP contribution in [0, 0.1) is 6.92 Å². The van der Waals surface area contributed by atoms with Gasteiger partial charge in [-0.2, -0.15) is 13.2 Å². The van der Waals surface area contributed by atoms with E-state index in [2.05, 4.69) is 0 Å². The van der Waals surface area contributed by atoms with Crippen molar-refractivity contribution in [2.45, 2.75) is 32.4 Å². The fourth-order valence-electron chi connectivity index (χ4n) is 1.66. The lowest BCUT2D eigenvalue weighted by Crippen LogP contribution is -2.08. The Kier molecular flexibility index (Phi) is 4.83. The summed E-state index contributed by atoms with van der Waals surface area (Å²) in [7, 11) is 0. The molecule has 96 valence electrons. The van der Waals surface area contributed by atoms with Crippen LogP contribution in [0.5, 0.6) is 0 Å². The van der Waals surface area contributed by atoms with Gasteiger partial charge in [0.15, 0.2) is 0 Å². The van der Waals surface area contributed by atoms with Gasteiger partial charge in [-0.3, -0.25) is 0 Å². The smallest absolute Gasteiger partial charge is 0.396 e. The first kappa shape index (κ1) is 14.3. The van der Waals surface area contributed by atoms with Crippen LogP contribution in [-0.2, 0) is 12.6 Å². The van der Waals surface area contributed by atoms with E-state index in [1.54, 1.807) is 13.0 Å². The standard InChI is InChI=1S/C12H14ClF3O/c1-8-6-9(4-2-3-5-17)11(13)10(7-8)12(14,15)16/h6-7,17H,2-5H2,1H3. The van der Waals surface area contributed by atoms with E-state index in [1.165, 1.54) is 0 Å². The summed E-state index contributed by atoms with van der Waals surface area (Å²) in [5.41, 5.74) is 0.256. The van der Waals surface area contributed by atoms with Gasteiger partial charge in [0.2, 0.25) is 0 Å². The molecule has 0 saturated carbocycles. The molecule has 0 aliphatic carbocycles. The summed E-state index contributed by atoms with van der Waals surface area (Å²) >= 11 is 5.76. The second-order valence-electron chi connectivity index (χ2n) is 3.96. The van der Waals surface area contributed by atoms with E-state index in [0.29, 0.717) is 30.4 Å². The van der Waals surface area contributed by atoms with Crippen molar-refractivity contribution >= 4 is 11.6 Å². The number of unbranched alkanes of at least 4 members (excludes halogenated alkanes) is 1. The van der Waals surface area contributed by atoms with Crippen molar-refractivity contribution in [2.75, 3.05) is 6.61 Å². The number of hydrogen-bond donors (Lipinski definition) is 1. The molecule has 0 bridgehead atoms. The number of aryl methyl sites for hydroxylation is 2. The van der Waals surface area contributed by atoms with Crippen LogP contribution in [0.25, 0.3) is 0 Å². The topological polar surface area (TPSA) is 20.2 Å². The Morgan fingerprint density at radius 1 is 1.24 bits per heavy atom. The summed E-state index contributed by atoms with van der Waals surface area (Å²) in [6, 6.07) is 2.72. The Labute approximate surface area is 103 Å². The highest BCUT2D eigenvalue weighted by molar-refractivity contribution is 6.32. The third kappa shape index (κ3) is 3.89. The van der Waals surface area contributed by atoms with Crippen molar-refractivity contribution < 1.29 is 18.3 Å². The lowest BCUT2D eigenvalue weighted by molar-refractivity contribution is -0.137. The maximum Gasteiger partial charge on any atom is 0.417 e. The van der Waals surface area contributed by atoms with Gasteiger partial charge in [0, 0.05) is 6.61 Å². The molecule has 5 heteroatoms. The molecule has 1 aromatic rings. The van der Waals surface area contributed by atoms with Gasteiger partial charge in [-0.1, -0.05) is 23.2 Å². The zero-order chi connectivity index (χ0) is 13.1. The lowest BCUT2D eigenvalue weighted by atomic mass is 10.0. The zero-order valence-electron chi connectivity index (χ0n) is 9.44. The maximum absolute atomic E-state index is 12.7. The number of hydrogen-bond acceptors (Lipinski definition) is 1. The molecule has 0 saturated heterocycles. The summed E-state index contributed by atoms with van der Waals surface area (Å²) in [6.07, 6.45) is -2.79. The first-order chi connectivity index (χ1) is 7.86. The lowest BCUT2D eigenvalue weighted by Gasteiger charge is -2.13. The second kappa shape index (κ2) is 5.74. The number of aliphatic hydroxyl groups excluding tert-OH is 1. The molecular weight excluding hydrogens is 253 g/mol. The van der Waals surface area contributed by atoms with Crippen molar-refractivity contribution in [1.29, 1.82) is 0 Å². The molecule has 0 atom stereocenters. The Morgan fingerprint density at radius 3 is 2.41 bits per heavy atom. The van der Waals surface area contributed by atoms with E-state index in [4.69, 9.17) is 16.7 Å². The highest BCUT2D eigenvalue weighted by Crippen LogP contribution is 2.37. The van der Waals surface area contributed by atoms with E-state index >= 15 is 0 Å². The molecule has 0 unspecified atom stereocenters. The minimum atomic E-state index is -4.42. The second-order valence-corrected chi connectivity index (χ2v) is 4.34. The van der Waals surface area contributed by atoms with Crippen LogP contribution in [0.1, 0.15) is 29.5 Å². The third-order valence-corrected chi connectivity index (χ3v) is 2.90. The Bertz CT molecular complexity index is 388. The van der Waals surface area contributed by atoms with Crippen LogP contribution < -0.4 is 0 Å². The van der Waals surface area contributed by atoms with Gasteiger partial charge < -0.3 is 5.11 Å². The van der Waals surface area contributed by atoms with Crippen LogP contribution in [-0.4, -0.2) is 11.7 Å². The number of halogens is 4. The molecule has 0 spiro atoms. The summed E-state index contributed by atoms with van der Waals surface area (Å²) in [5, 5.41) is 8.42. The van der Waals surface area contributed by atoms with Gasteiger partial charge in [0.1, 0.15) is 0 Å². The molecule has 0 aromatic heterocycles. The molecule has 0 aliphatic heterocycles. The van der Waals surface area contributed by atoms with E-state index in [0.717, 1.165) is 6.07 Å². The molecule has 1 N–H and O–H groups in total. The normalized spacial score (nSPS) is 11.9. The first-order valence-electron chi connectivity index (χ1n) is 5.33. The molecule has 0 aliphatic rings. The highest BCUT2D eigenvalue weighted by Gasteiger charge is 2.34. The summed E-state index contributed by atoms with van der Waals surface area (Å²) in [5.74, 6) is 0. The van der Waals surface area contributed by atoms with E-state index < -0.39 is 11.7 Å². The number of aliphatic hydroxyl groups is 1. The monoisotopic (exact) mass is 266 g/mol. The molecule has 0 fully saturated rings. The number of rotatable bonds is 4. The van der Waals surface area contributed by atoms with Crippen LogP contribution in [0.2, 0.25) is 5.02 Å². The molecule has 17 heavy (non-hydrogen) atoms.